The standard InChI is InChI=1S/C23H25N3O3S2/c1-3-29-23(28)17-9-11-26(12-10-17)22(27)15(2)30-20-18-13-19(16-7-5-4-6-8-16)31-21(18)25-14-24-20/h4-8,13-15,17H,3,9-12H2,1-2H3. The van der Waals surface area contributed by atoms with Gasteiger partial charge in [0, 0.05) is 23.4 Å². The highest BCUT2D eigenvalue weighted by atomic mass is 32.2. The summed E-state index contributed by atoms with van der Waals surface area (Å²) in [5, 5.41) is 1.54. The highest BCUT2D eigenvalue weighted by Gasteiger charge is 2.30. The summed E-state index contributed by atoms with van der Waals surface area (Å²) in [7, 11) is 0. The SMILES string of the molecule is CCOC(=O)C1CCN(C(=O)C(C)Sc2ncnc3sc(-c4ccccc4)cc23)CC1. The number of fused-ring (bicyclic) bond motifs is 1. The lowest BCUT2D eigenvalue weighted by molar-refractivity contribution is -0.151. The Morgan fingerprint density at radius 3 is 2.68 bits per heavy atom. The van der Waals surface area contributed by atoms with Crippen LogP contribution in [-0.2, 0) is 14.3 Å². The summed E-state index contributed by atoms with van der Waals surface area (Å²) >= 11 is 3.10. The molecule has 8 heteroatoms. The molecular formula is C23H25N3O3S2. The number of hydrogen-bond acceptors (Lipinski definition) is 7. The van der Waals surface area contributed by atoms with Gasteiger partial charge in [-0.15, -0.1) is 11.3 Å². The number of carbonyl (C=O) groups is 2. The summed E-state index contributed by atoms with van der Waals surface area (Å²) in [5.74, 6) is -0.166. The van der Waals surface area contributed by atoms with Gasteiger partial charge < -0.3 is 9.64 Å². The van der Waals surface area contributed by atoms with Crippen molar-refractivity contribution < 1.29 is 14.3 Å². The minimum Gasteiger partial charge on any atom is -0.466 e. The van der Waals surface area contributed by atoms with Gasteiger partial charge in [0.2, 0.25) is 5.91 Å². The molecule has 6 nitrogen and oxygen atoms in total. The van der Waals surface area contributed by atoms with Crippen LogP contribution in [-0.4, -0.2) is 51.7 Å². The molecule has 0 spiro atoms. The van der Waals surface area contributed by atoms with E-state index in [0.29, 0.717) is 32.5 Å². The molecule has 2 aromatic heterocycles. The smallest absolute Gasteiger partial charge is 0.309 e. The molecule has 162 valence electrons. The minimum atomic E-state index is -0.266. The summed E-state index contributed by atoms with van der Waals surface area (Å²) in [6, 6.07) is 12.3. The second kappa shape index (κ2) is 9.78. The molecule has 0 bridgehead atoms. The number of nitrogens with zero attached hydrogens (tertiary/aromatic N) is 3. The van der Waals surface area contributed by atoms with Gasteiger partial charge in [-0.25, -0.2) is 9.97 Å². The summed E-state index contributed by atoms with van der Waals surface area (Å²) < 4.78 is 5.12. The van der Waals surface area contributed by atoms with Crippen LogP contribution in [0.15, 0.2) is 47.8 Å². The first-order chi connectivity index (χ1) is 15.1. The van der Waals surface area contributed by atoms with Crippen LogP contribution in [0.4, 0.5) is 0 Å². The predicted molar refractivity (Wildman–Crippen MR) is 124 cm³/mol. The van der Waals surface area contributed by atoms with E-state index in [-0.39, 0.29) is 23.0 Å². The van der Waals surface area contributed by atoms with Gasteiger partial charge in [-0.3, -0.25) is 9.59 Å². The molecule has 1 aromatic carbocycles. The lowest BCUT2D eigenvalue weighted by Crippen LogP contribution is -2.43. The molecule has 0 saturated carbocycles. The Morgan fingerprint density at radius 1 is 1.23 bits per heavy atom. The fraction of sp³-hybridized carbons (Fsp3) is 0.391. The van der Waals surface area contributed by atoms with Crippen molar-refractivity contribution in [1.82, 2.24) is 14.9 Å². The number of carbonyl (C=O) groups excluding carboxylic acids is 2. The van der Waals surface area contributed by atoms with Crippen molar-refractivity contribution in [2.24, 2.45) is 5.92 Å². The number of esters is 1. The van der Waals surface area contributed by atoms with E-state index < -0.39 is 0 Å². The molecule has 1 aliphatic heterocycles. The third-order valence-corrected chi connectivity index (χ3v) is 7.61. The van der Waals surface area contributed by atoms with Crippen molar-refractivity contribution in [1.29, 1.82) is 0 Å². The molecule has 1 aliphatic rings. The Bertz CT molecular complexity index is 1060. The number of piperidine rings is 1. The Hall–Kier alpha value is -2.45. The van der Waals surface area contributed by atoms with E-state index in [9.17, 15) is 9.59 Å². The third kappa shape index (κ3) is 4.91. The van der Waals surface area contributed by atoms with Crippen LogP contribution in [0.5, 0.6) is 0 Å². The quantitative estimate of drug-likeness (QED) is 0.306. The normalized spacial score (nSPS) is 15.7. The van der Waals surface area contributed by atoms with Crippen molar-refractivity contribution in [3.8, 4) is 10.4 Å². The first kappa shape index (κ1) is 21.8. The van der Waals surface area contributed by atoms with Crippen molar-refractivity contribution in [2.75, 3.05) is 19.7 Å². The number of amides is 1. The van der Waals surface area contributed by atoms with Crippen molar-refractivity contribution in [2.45, 2.75) is 37.0 Å². The van der Waals surface area contributed by atoms with Crippen LogP contribution in [0.3, 0.4) is 0 Å². The number of aromatic nitrogens is 2. The van der Waals surface area contributed by atoms with Gasteiger partial charge >= 0.3 is 5.97 Å². The Labute approximate surface area is 190 Å². The Balaban J connectivity index is 1.44. The molecular weight excluding hydrogens is 430 g/mol. The maximum Gasteiger partial charge on any atom is 0.309 e. The molecule has 1 amide bonds. The Kier molecular flexibility index (Phi) is 6.87. The summed E-state index contributed by atoms with van der Waals surface area (Å²) in [4.78, 5) is 37.8. The predicted octanol–water partition coefficient (Wildman–Crippen LogP) is 4.64. The van der Waals surface area contributed by atoms with Crippen molar-refractivity contribution in [3.63, 3.8) is 0 Å². The lowest BCUT2D eigenvalue weighted by atomic mass is 9.97. The van der Waals surface area contributed by atoms with E-state index in [1.165, 1.54) is 11.8 Å². The van der Waals surface area contributed by atoms with Gasteiger partial charge in [-0.1, -0.05) is 42.1 Å². The lowest BCUT2D eigenvalue weighted by Gasteiger charge is -2.32. The molecule has 1 saturated heterocycles. The van der Waals surface area contributed by atoms with Crippen LogP contribution in [0.25, 0.3) is 20.7 Å². The molecule has 0 radical (unpaired) electrons. The molecule has 0 N–H and O–H groups in total. The van der Waals surface area contributed by atoms with Gasteiger partial charge in [-0.05, 0) is 38.3 Å². The van der Waals surface area contributed by atoms with E-state index in [1.807, 2.05) is 36.9 Å². The average molecular weight is 456 g/mol. The molecule has 0 aliphatic carbocycles. The van der Waals surface area contributed by atoms with E-state index in [2.05, 4.69) is 28.2 Å². The topological polar surface area (TPSA) is 72.4 Å². The minimum absolute atomic E-state index is 0.0811. The van der Waals surface area contributed by atoms with Gasteiger partial charge in [-0.2, -0.15) is 0 Å². The highest BCUT2D eigenvalue weighted by molar-refractivity contribution is 8.00. The van der Waals surface area contributed by atoms with Crippen LogP contribution < -0.4 is 0 Å². The molecule has 31 heavy (non-hydrogen) atoms. The monoisotopic (exact) mass is 455 g/mol. The first-order valence-corrected chi connectivity index (χ1v) is 12.2. The average Bonchev–Trinajstić information content (AvgIpc) is 3.25. The molecule has 3 heterocycles. The fourth-order valence-electron chi connectivity index (χ4n) is 3.74. The maximum atomic E-state index is 13.0. The molecule has 3 aromatic rings. The number of benzene rings is 1. The summed E-state index contributed by atoms with van der Waals surface area (Å²) in [5.41, 5.74) is 1.15. The number of ether oxygens (including phenoxy) is 1. The Morgan fingerprint density at radius 2 is 1.97 bits per heavy atom. The number of hydrogen-bond donors (Lipinski definition) is 0. The van der Waals surface area contributed by atoms with Crippen molar-refractivity contribution in [3.05, 3.63) is 42.7 Å². The fourth-order valence-corrected chi connectivity index (χ4v) is 5.79. The zero-order valence-corrected chi connectivity index (χ0v) is 19.2. The zero-order valence-electron chi connectivity index (χ0n) is 17.6. The van der Waals surface area contributed by atoms with Gasteiger partial charge in [0.25, 0.3) is 0 Å². The maximum absolute atomic E-state index is 13.0. The number of thioether (sulfide) groups is 1. The van der Waals surface area contributed by atoms with E-state index in [1.54, 1.807) is 17.7 Å². The summed E-state index contributed by atoms with van der Waals surface area (Å²) in [6.07, 6.45) is 2.88. The second-order valence-electron chi connectivity index (χ2n) is 7.49. The first-order valence-electron chi connectivity index (χ1n) is 10.5. The van der Waals surface area contributed by atoms with Gasteiger partial charge in [0.1, 0.15) is 16.2 Å². The highest BCUT2D eigenvalue weighted by Crippen LogP contribution is 2.37. The van der Waals surface area contributed by atoms with Crippen molar-refractivity contribution >= 4 is 45.2 Å². The number of thiophene rings is 1. The summed E-state index contributed by atoms with van der Waals surface area (Å²) in [6.45, 7) is 5.30. The largest absolute Gasteiger partial charge is 0.466 e. The van der Waals surface area contributed by atoms with Crippen LogP contribution in [0.1, 0.15) is 26.7 Å². The third-order valence-electron chi connectivity index (χ3n) is 5.41. The molecule has 1 fully saturated rings. The van der Waals surface area contributed by atoms with Crippen LogP contribution in [0, 0.1) is 5.92 Å². The zero-order chi connectivity index (χ0) is 21.8. The van der Waals surface area contributed by atoms with E-state index >= 15 is 0 Å². The van der Waals surface area contributed by atoms with Crippen LogP contribution >= 0.6 is 23.1 Å². The van der Waals surface area contributed by atoms with E-state index in [4.69, 9.17) is 4.74 Å². The molecule has 1 atom stereocenters. The second-order valence-corrected chi connectivity index (χ2v) is 9.85. The number of likely N-dealkylation sites (tertiary alicyclic amines) is 1. The van der Waals surface area contributed by atoms with E-state index in [0.717, 1.165) is 25.7 Å². The van der Waals surface area contributed by atoms with Gasteiger partial charge in [0.15, 0.2) is 0 Å². The number of rotatable bonds is 6. The molecule has 4 rings (SSSR count). The van der Waals surface area contributed by atoms with Crippen LogP contribution in [0.2, 0.25) is 0 Å². The molecule has 1 unspecified atom stereocenters. The van der Waals surface area contributed by atoms with Gasteiger partial charge in [0.05, 0.1) is 17.8 Å².